The van der Waals surface area contributed by atoms with E-state index in [4.69, 9.17) is 4.42 Å². The number of oxazole rings is 1. The van der Waals surface area contributed by atoms with E-state index in [1.165, 1.54) is 10.8 Å². The maximum absolute atomic E-state index is 12.6. The standard InChI is InChI=1S/C19H18N4O4/c1-12-9-23(19(26)21-17(12)25)11-16(24)22-8-7-15-14(10-22)20-18(27-15)13-5-3-2-4-6-13/h2-6,9H,7-8,10-11H2,1H3,(H,21,25,26). The molecule has 1 N–H and O–H groups in total. The molecule has 0 saturated carbocycles. The molecule has 0 atom stereocenters. The number of carbonyl (C=O) groups is 1. The Labute approximate surface area is 154 Å². The molecule has 8 heteroatoms. The van der Waals surface area contributed by atoms with Gasteiger partial charge >= 0.3 is 5.69 Å². The molecule has 1 aliphatic rings. The van der Waals surface area contributed by atoms with Crippen LogP contribution in [0.5, 0.6) is 0 Å². The first kappa shape index (κ1) is 17.0. The lowest BCUT2D eigenvalue weighted by Crippen LogP contribution is -2.41. The molecular weight excluding hydrogens is 348 g/mol. The van der Waals surface area contributed by atoms with Crippen LogP contribution >= 0.6 is 0 Å². The SMILES string of the molecule is Cc1cn(CC(=O)N2CCc3oc(-c4ccccc4)nc3C2)c(=O)[nH]c1=O. The Kier molecular flexibility index (Phi) is 4.23. The third-order valence-corrected chi connectivity index (χ3v) is 4.60. The van der Waals surface area contributed by atoms with Crippen LogP contribution in [-0.2, 0) is 24.3 Å². The van der Waals surface area contributed by atoms with Crippen molar-refractivity contribution in [3.05, 3.63) is 74.4 Å². The van der Waals surface area contributed by atoms with E-state index in [0.29, 0.717) is 31.0 Å². The molecule has 1 amide bonds. The third-order valence-electron chi connectivity index (χ3n) is 4.60. The molecular formula is C19H18N4O4. The van der Waals surface area contributed by atoms with Gasteiger partial charge in [-0.2, -0.15) is 0 Å². The zero-order valence-electron chi connectivity index (χ0n) is 14.8. The van der Waals surface area contributed by atoms with Crippen LogP contribution in [0.3, 0.4) is 0 Å². The second-order valence-corrected chi connectivity index (χ2v) is 6.52. The summed E-state index contributed by atoms with van der Waals surface area (Å²) in [6, 6.07) is 9.60. The van der Waals surface area contributed by atoms with Crippen LogP contribution in [0.15, 0.2) is 50.5 Å². The minimum absolute atomic E-state index is 0.130. The molecule has 27 heavy (non-hydrogen) atoms. The summed E-state index contributed by atoms with van der Waals surface area (Å²) in [5, 5.41) is 0. The highest BCUT2D eigenvalue weighted by molar-refractivity contribution is 5.76. The van der Waals surface area contributed by atoms with Crippen LogP contribution in [0, 0.1) is 6.92 Å². The van der Waals surface area contributed by atoms with E-state index in [-0.39, 0.29) is 12.5 Å². The minimum Gasteiger partial charge on any atom is -0.441 e. The van der Waals surface area contributed by atoms with Crippen LogP contribution in [0.4, 0.5) is 0 Å². The van der Waals surface area contributed by atoms with Crippen LogP contribution in [0.2, 0.25) is 0 Å². The fraction of sp³-hybridized carbons (Fsp3) is 0.263. The molecule has 1 aromatic carbocycles. The van der Waals surface area contributed by atoms with Crippen molar-refractivity contribution in [1.82, 2.24) is 19.4 Å². The lowest BCUT2D eigenvalue weighted by atomic mass is 10.1. The average molecular weight is 366 g/mol. The highest BCUT2D eigenvalue weighted by Crippen LogP contribution is 2.26. The van der Waals surface area contributed by atoms with Gasteiger partial charge in [0.25, 0.3) is 5.56 Å². The summed E-state index contributed by atoms with van der Waals surface area (Å²) < 4.78 is 7.06. The van der Waals surface area contributed by atoms with Gasteiger partial charge in [-0.3, -0.25) is 19.1 Å². The fourth-order valence-electron chi connectivity index (χ4n) is 3.10. The Bertz CT molecular complexity index is 1110. The van der Waals surface area contributed by atoms with E-state index >= 15 is 0 Å². The quantitative estimate of drug-likeness (QED) is 0.748. The molecule has 0 aliphatic carbocycles. The molecule has 0 spiro atoms. The number of aromatic nitrogens is 3. The predicted octanol–water partition coefficient (Wildman–Crippen LogP) is 1.08. The van der Waals surface area contributed by atoms with E-state index in [1.807, 2.05) is 30.3 Å². The monoisotopic (exact) mass is 366 g/mol. The van der Waals surface area contributed by atoms with E-state index in [9.17, 15) is 14.4 Å². The van der Waals surface area contributed by atoms with Crippen molar-refractivity contribution in [2.75, 3.05) is 6.54 Å². The highest BCUT2D eigenvalue weighted by Gasteiger charge is 2.26. The summed E-state index contributed by atoms with van der Waals surface area (Å²) in [4.78, 5) is 44.3. The van der Waals surface area contributed by atoms with Gasteiger partial charge in [-0.1, -0.05) is 18.2 Å². The maximum atomic E-state index is 12.6. The summed E-state index contributed by atoms with van der Waals surface area (Å²) >= 11 is 0. The van der Waals surface area contributed by atoms with Crippen molar-refractivity contribution in [2.45, 2.75) is 26.4 Å². The molecule has 8 nitrogen and oxygen atoms in total. The van der Waals surface area contributed by atoms with Crippen LogP contribution in [-0.4, -0.2) is 31.9 Å². The van der Waals surface area contributed by atoms with Gasteiger partial charge in [0.05, 0.1) is 6.54 Å². The number of hydrogen-bond acceptors (Lipinski definition) is 5. The Morgan fingerprint density at radius 1 is 1.26 bits per heavy atom. The number of aryl methyl sites for hydroxylation is 1. The number of nitrogens with zero attached hydrogens (tertiary/aromatic N) is 3. The van der Waals surface area contributed by atoms with E-state index in [1.54, 1.807) is 11.8 Å². The Hall–Kier alpha value is -3.42. The third kappa shape index (κ3) is 3.33. The molecule has 3 heterocycles. The Morgan fingerprint density at radius 2 is 2.04 bits per heavy atom. The topological polar surface area (TPSA) is 101 Å². The molecule has 3 aromatic rings. The molecule has 138 valence electrons. The van der Waals surface area contributed by atoms with Gasteiger partial charge in [-0.05, 0) is 19.1 Å². The Balaban J connectivity index is 1.52. The lowest BCUT2D eigenvalue weighted by molar-refractivity contribution is -0.133. The summed E-state index contributed by atoms with van der Waals surface area (Å²) in [7, 11) is 0. The van der Waals surface area contributed by atoms with Crippen molar-refractivity contribution >= 4 is 5.91 Å². The minimum atomic E-state index is -0.593. The predicted molar refractivity (Wildman–Crippen MR) is 97.1 cm³/mol. The van der Waals surface area contributed by atoms with Gasteiger partial charge in [0.15, 0.2) is 0 Å². The van der Waals surface area contributed by atoms with Crippen LogP contribution in [0.1, 0.15) is 17.0 Å². The largest absolute Gasteiger partial charge is 0.441 e. The van der Waals surface area contributed by atoms with Gasteiger partial charge < -0.3 is 9.32 Å². The number of rotatable bonds is 3. The summed E-state index contributed by atoms with van der Waals surface area (Å²) in [6.45, 7) is 2.29. The maximum Gasteiger partial charge on any atom is 0.328 e. The van der Waals surface area contributed by atoms with Crippen molar-refractivity contribution in [3.63, 3.8) is 0 Å². The van der Waals surface area contributed by atoms with E-state index in [0.717, 1.165) is 17.0 Å². The number of fused-ring (bicyclic) bond motifs is 1. The molecule has 0 fully saturated rings. The second kappa shape index (κ2) is 6.71. The number of benzene rings is 1. The van der Waals surface area contributed by atoms with Gasteiger partial charge in [-0.25, -0.2) is 9.78 Å². The van der Waals surface area contributed by atoms with Crippen molar-refractivity contribution in [2.24, 2.45) is 0 Å². The lowest BCUT2D eigenvalue weighted by Gasteiger charge is -2.25. The van der Waals surface area contributed by atoms with E-state index < -0.39 is 11.2 Å². The number of carbonyl (C=O) groups excluding carboxylic acids is 1. The van der Waals surface area contributed by atoms with Gasteiger partial charge in [0.1, 0.15) is 18.0 Å². The highest BCUT2D eigenvalue weighted by atomic mass is 16.4. The fourth-order valence-corrected chi connectivity index (χ4v) is 3.10. The Morgan fingerprint density at radius 3 is 2.81 bits per heavy atom. The number of amides is 1. The van der Waals surface area contributed by atoms with Crippen molar-refractivity contribution in [1.29, 1.82) is 0 Å². The first-order chi connectivity index (χ1) is 13.0. The summed E-state index contributed by atoms with van der Waals surface area (Å²) in [5.74, 6) is 1.12. The first-order valence-electron chi connectivity index (χ1n) is 8.63. The molecule has 2 aromatic heterocycles. The van der Waals surface area contributed by atoms with Crippen molar-refractivity contribution < 1.29 is 9.21 Å². The normalized spacial score (nSPS) is 13.4. The molecule has 1 aliphatic heterocycles. The van der Waals surface area contributed by atoms with Crippen molar-refractivity contribution in [3.8, 4) is 11.5 Å². The second-order valence-electron chi connectivity index (χ2n) is 6.52. The average Bonchev–Trinajstić information content (AvgIpc) is 3.10. The number of aromatic amines is 1. The van der Waals surface area contributed by atoms with E-state index in [2.05, 4.69) is 9.97 Å². The number of hydrogen-bond donors (Lipinski definition) is 1. The van der Waals surface area contributed by atoms with Crippen LogP contribution < -0.4 is 11.2 Å². The zero-order valence-corrected chi connectivity index (χ0v) is 14.8. The number of nitrogens with one attached hydrogen (secondary N) is 1. The van der Waals surface area contributed by atoms with Crippen LogP contribution in [0.25, 0.3) is 11.5 Å². The summed E-state index contributed by atoms with van der Waals surface area (Å²) in [5.41, 5.74) is 0.970. The first-order valence-corrected chi connectivity index (χ1v) is 8.63. The molecule has 0 radical (unpaired) electrons. The summed E-state index contributed by atoms with van der Waals surface area (Å²) in [6.07, 6.45) is 1.97. The van der Waals surface area contributed by atoms with Gasteiger partial charge in [0.2, 0.25) is 11.8 Å². The smallest absolute Gasteiger partial charge is 0.328 e. The molecule has 0 bridgehead atoms. The molecule has 4 rings (SSSR count). The number of H-pyrrole nitrogens is 1. The van der Waals surface area contributed by atoms with Gasteiger partial charge in [0, 0.05) is 30.3 Å². The zero-order chi connectivity index (χ0) is 19.0. The van der Waals surface area contributed by atoms with Gasteiger partial charge in [-0.15, -0.1) is 0 Å². The molecule has 0 saturated heterocycles. The molecule has 0 unspecified atom stereocenters.